The van der Waals surface area contributed by atoms with Crippen molar-refractivity contribution in [2.45, 2.75) is 45.4 Å². The number of aromatic nitrogens is 3. The molecule has 2 aliphatic heterocycles. The number of aryl methyl sites for hydroxylation is 1. The van der Waals surface area contributed by atoms with Gasteiger partial charge in [-0.05, 0) is 50.1 Å². The third kappa shape index (κ3) is 4.71. The number of hydrogen-bond donors (Lipinski definition) is 1. The molecule has 0 spiro atoms. The first kappa shape index (κ1) is 20.4. The molecule has 0 bridgehead atoms. The predicted octanol–water partition coefficient (Wildman–Crippen LogP) is 4.27. The Morgan fingerprint density at radius 2 is 2.16 bits per heavy atom. The van der Waals surface area contributed by atoms with Crippen molar-refractivity contribution in [3.05, 3.63) is 58.4 Å². The molecule has 0 radical (unpaired) electrons. The van der Waals surface area contributed by atoms with E-state index in [4.69, 9.17) is 14.5 Å². The Kier molecular flexibility index (Phi) is 5.37. The van der Waals surface area contributed by atoms with E-state index >= 15 is 0 Å². The number of ether oxygens (including phenoxy) is 2. The van der Waals surface area contributed by atoms with Gasteiger partial charge in [-0.1, -0.05) is 23.5 Å². The second-order valence-corrected chi connectivity index (χ2v) is 9.70. The minimum atomic E-state index is -0.109. The molecule has 3 aromatic rings. The van der Waals surface area contributed by atoms with Crippen molar-refractivity contribution < 1.29 is 9.47 Å². The van der Waals surface area contributed by atoms with Gasteiger partial charge in [0, 0.05) is 37.4 Å². The molecule has 0 amide bonds. The molecule has 1 atom stereocenters. The van der Waals surface area contributed by atoms with Crippen LogP contribution < -0.4 is 10.1 Å². The molecular weight excluding hydrogens is 410 g/mol. The van der Waals surface area contributed by atoms with E-state index < -0.39 is 0 Å². The Morgan fingerprint density at radius 3 is 3.00 bits per heavy atom. The van der Waals surface area contributed by atoms with Crippen LogP contribution in [0.4, 0.5) is 10.8 Å². The summed E-state index contributed by atoms with van der Waals surface area (Å²) in [5.74, 6) is 1.02. The van der Waals surface area contributed by atoms with Crippen LogP contribution in [0.2, 0.25) is 0 Å². The lowest BCUT2D eigenvalue weighted by Gasteiger charge is -2.33. The van der Waals surface area contributed by atoms with Crippen molar-refractivity contribution in [1.82, 2.24) is 20.1 Å². The van der Waals surface area contributed by atoms with E-state index in [1.54, 1.807) is 5.51 Å². The number of morpholine rings is 1. The normalized spacial score (nSPS) is 20.3. The van der Waals surface area contributed by atoms with E-state index in [1.165, 1.54) is 22.5 Å². The highest BCUT2D eigenvalue weighted by Gasteiger charge is 2.30. The molecule has 8 heteroatoms. The fourth-order valence-corrected chi connectivity index (χ4v) is 4.79. The van der Waals surface area contributed by atoms with Crippen LogP contribution >= 0.6 is 11.3 Å². The lowest BCUT2D eigenvalue weighted by atomic mass is 10.00. The van der Waals surface area contributed by atoms with Crippen molar-refractivity contribution in [3.8, 4) is 5.75 Å². The van der Waals surface area contributed by atoms with Gasteiger partial charge in [-0.25, -0.2) is 0 Å². The van der Waals surface area contributed by atoms with E-state index in [0.717, 1.165) is 54.0 Å². The Bertz CT molecular complexity index is 1070. The van der Waals surface area contributed by atoms with Crippen LogP contribution in [0, 0.1) is 6.92 Å². The SMILES string of the molecule is Cc1cc(Nc2nncs2)cc(C2CN(Cc3ccc4c(c3)CC(C)(C)O4)CCO2)n1. The van der Waals surface area contributed by atoms with Gasteiger partial charge in [0.25, 0.3) is 0 Å². The van der Waals surface area contributed by atoms with Crippen molar-refractivity contribution in [2.75, 3.05) is 25.0 Å². The van der Waals surface area contributed by atoms with Crippen LogP contribution in [0.3, 0.4) is 0 Å². The highest BCUT2D eigenvalue weighted by atomic mass is 32.1. The molecule has 0 saturated carbocycles. The summed E-state index contributed by atoms with van der Waals surface area (Å²) in [5.41, 5.74) is 7.08. The lowest BCUT2D eigenvalue weighted by molar-refractivity contribution is -0.0350. The molecule has 2 aromatic heterocycles. The fraction of sp³-hybridized carbons (Fsp3) is 0.435. The topological polar surface area (TPSA) is 72.4 Å². The highest BCUT2D eigenvalue weighted by molar-refractivity contribution is 7.13. The fourth-order valence-electron chi connectivity index (χ4n) is 4.33. The summed E-state index contributed by atoms with van der Waals surface area (Å²) in [6.45, 7) is 9.61. The van der Waals surface area contributed by atoms with E-state index in [2.05, 4.69) is 58.5 Å². The van der Waals surface area contributed by atoms with Gasteiger partial charge in [0.2, 0.25) is 5.13 Å². The number of rotatable bonds is 5. The maximum atomic E-state index is 6.10. The summed E-state index contributed by atoms with van der Waals surface area (Å²) in [5, 5.41) is 12.0. The van der Waals surface area contributed by atoms with E-state index in [1.807, 2.05) is 13.0 Å². The first-order valence-corrected chi connectivity index (χ1v) is 11.5. The zero-order valence-corrected chi connectivity index (χ0v) is 18.9. The van der Waals surface area contributed by atoms with Crippen LogP contribution in [0.1, 0.15) is 42.5 Å². The highest BCUT2D eigenvalue weighted by Crippen LogP contribution is 2.35. The third-order valence-electron chi connectivity index (χ3n) is 5.60. The van der Waals surface area contributed by atoms with Crippen molar-refractivity contribution in [2.24, 2.45) is 0 Å². The van der Waals surface area contributed by atoms with Gasteiger partial charge in [-0.15, -0.1) is 10.2 Å². The van der Waals surface area contributed by atoms with Gasteiger partial charge < -0.3 is 14.8 Å². The van der Waals surface area contributed by atoms with Gasteiger partial charge in [0.05, 0.1) is 12.3 Å². The van der Waals surface area contributed by atoms with Crippen LogP contribution in [-0.4, -0.2) is 45.4 Å². The minimum absolute atomic E-state index is 0.0553. The quantitative estimate of drug-likeness (QED) is 0.639. The molecule has 5 rings (SSSR count). The molecule has 1 fully saturated rings. The molecule has 7 nitrogen and oxygen atoms in total. The zero-order valence-electron chi connectivity index (χ0n) is 18.1. The molecule has 162 valence electrons. The molecule has 1 saturated heterocycles. The summed E-state index contributed by atoms with van der Waals surface area (Å²) >= 11 is 1.47. The Morgan fingerprint density at radius 1 is 1.26 bits per heavy atom. The van der Waals surface area contributed by atoms with Crippen molar-refractivity contribution in [3.63, 3.8) is 0 Å². The van der Waals surface area contributed by atoms with Crippen molar-refractivity contribution in [1.29, 1.82) is 0 Å². The molecule has 0 aliphatic carbocycles. The summed E-state index contributed by atoms with van der Waals surface area (Å²) < 4.78 is 12.1. The second-order valence-electron chi connectivity index (χ2n) is 8.87. The van der Waals surface area contributed by atoms with Crippen LogP contribution in [0.5, 0.6) is 5.75 Å². The summed E-state index contributed by atoms with van der Waals surface area (Å²) in [6, 6.07) is 10.7. The second kappa shape index (κ2) is 8.18. The molecule has 4 heterocycles. The monoisotopic (exact) mass is 437 g/mol. The van der Waals surface area contributed by atoms with Gasteiger partial charge in [-0.3, -0.25) is 9.88 Å². The molecule has 1 aromatic carbocycles. The van der Waals surface area contributed by atoms with E-state index in [9.17, 15) is 0 Å². The maximum absolute atomic E-state index is 6.10. The average molecular weight is 438 g/mol. The Balaban J connectivity index is 1.28. The molecule has 2 aliphatic rings. The molecule has 31 heavy (non-hydrogen) atoms. The van der Waals surface area contributed by atoms with E-state index in [-0.39, 0.29) is 11.7 Å². The molecule has 1 unspecified atom stereocenters. The predicted molar refractivity (Wildman–Crippen MR) is 121 cm³/mol. The molecular formula is C23H27N5O2S. The number of benzene rings is 1. The summed E-state index contributed by atoms with van der Waals surface area (Å²) in [6.07, 6.45) is 0.903. The van der Waals surface area contributed by atoms with Gasteiger partial charge in [0.1, 0.15) is 23.0 Å². The first-order valence-electron chi connectivity index (χ1n) is 10.6. The lowest BCUT2D eigenvalue weighted by Crippen LogP contribution is -2.38. The van der Waals surface area contributed by atoms with Gasteiger partial charge in [0.15, 0.2) is 0 Å². The van der Waals surface area contributed by atoms with Crippen molar-refractivity contribution >= 4 is 22.2 Å². The van der Waals surface area contributed by atoms with Crippen LogP contribution in [0.15, 0.2) is 35.8 Å². The largest absolute Gasteiger partial charge is 0.487 e. The first-order chi connectivity index (χ1) is 14.9. The number of hydrogen-bond acceptors (Lipinski definition) is 8. The van der Waals surface area contributed by atoms with Crippen LogP contribution in [-0.2, 0) is 17.7 Å². The number of anilines is 2. The average Bonchev–Trinajstić information content (AvgIpc) is 3.33. The van der Waals surface area contributed by atoms with Gasteiger partial charge in [-0.2, -0.15) is 0 Å². The maximum Gasteiger partial charge on any atom is 0.209 e. The standard InChI is InChI=1S/C23H27N5O2S/c1-15-8-18(26-22-27-24-14-31-22)10-19(25-15)21-13-28(6-7-29-21)12-16-4-5-20-17(9-16)11-23(2,3)30-20/h4-5,8-10,14,21H,6-7,11-13H2,1-3H3,(H,25,26,27). The Labute approximate surface area is 186 Å². The number of pyridine rings is 1. The number of nitrogens with one attached hydrogen (secondary N) is 1. The zero-order chi connectivity index (χ0) is 21.4. The van der Waals surface area contributed by atoms with Gasteiger partial charge >= 0.3 is 0 Å². The summed E-state index contributed by atoms with van der Waals surface area (Å²) in [7, 11) is 0. The minimum Gasteiger partial charge on any atom is -0.487 e. The van der Waals surface area contributed by atoms with Crippen LogP contribution in [0.25, 0.3) is 0 Å². The Hall–Kier alpha value is -2.55. The summed E-state index contributed by atoms with van der Waals surface area (Å²) in [4.78, 5) is 7.19. The molecule has 1 N–H and O–H groups in total. The third-order valence-corrected chi connectivity index (χ3v) is 6.21. The number of nitrogens with zero attached hydrogens (tertiary/aromatic N) is 4. The van der Waals surface area contributed by atoms with E-state index in [0.29, 0.717) is 6.61 Å². The smallest absolute Gasteiger partial charge is 0.209 e. The number of fused-ring (bicyclic) bond motifs is 1.